The summed E-state index contributed by atoms with van der Waals surface area (Å²) >= 11 is 3.09. The lowest BCUT2D eigenvalue weighted by molar-refractivity contribution is -0.167. The van der Waals surface area contributed by atoms with E-state index in [2.05, 4.69) is 57.7 Å². The van der Waals surface area contributed by atoms with Gasteiger partial charge in [0, 0.05) is 60.7 Å². The standard InChI is InChI=1S/2C23H24N2O3S/c2*1-23(27)13-18(28-19(26)14-23)15-29-22-24-20(16-9-5-3-6-10-16)21(25(22)2)17-11-7-4-8-12-17/h2*3-12,18,27H,13-15H2,1-2H3/t18-,23+;18-,23-/m11/s1. The van der Waals surface area contributed by atoms with E-state index < -0.39 is 11.2 Å². The van der Waals surface area contributed by atoms with Crippen molar-refractivity contribution in [1.82, 2.24) is 19.1 Å². The number of nitrogens with zero attached hydrogens (tertiary/aromatic N) is 4. The van der Waals surface area contributed by atoms with E-state index in [-0.39, 0.29) is 37.0 Å². The van der Waals surface area contributed by atoms with E-state index in [9.17, 15) is 19.8 Å². The van der Waals surface area contributed by atoms with E-state index in [1.54, 1.807) is 37.4 Å². The molecule has 300 valence electrons. The van der Waals surface area contributed by atoms with Gasteiger partial charge in [-0.3, -0.25) is 9.59 Å². The quantitative estimate of drug-likeness (QED) is 0.103. The first-order valence-electron chi connectivity index (χ1n) is 19.3. The van der Waals surface area contributed by atoms with Crippen molar-refractivity contribution in [2.45, 2.75) is 73.3 Å². The molecule has 0 aliphatic carbocycles. The fraction of sp³-hybridized carbons (Fsp3) is 0.304. The van der Waals surface area contributed by atoms with Crippen molar-refractivity contribution in [3.8, 4) is 45.0 Å². The molecule has 12 heteroatoms. The Balaban J connectivity index is 0.000000177. The van der Waals surface area contributed by atoms with Gasteiger partial charge in [-0.2, -0.15) is 0 Å². The van der Waals surface area contributed by atoms with Crippen LogP contribution in [0.4, 0.5) is 0 Å². The third-order valence-corrected chi connectivity index (χ3v) is 12.4. The van der Waals surface area contributed by atoms with Crippen LogP contribution in [0.1, 0.15) is 39.5 Å². The first-order valence-corrected chi connectivity index (χ1v) is 21.3. The molecule has 0 amide bonds. The molecule has 0 unspecified atom stereocenters. The maximum absolute atomic E-state index is 11.8. The number of benzene rings is 4. The molecule has 2 aliphatic heterocycles. The van der Waals surface area contributed by atoms with Gasteiger partial charge in [0.25, 0.3) is 0 Å². The van der Waals surface area contributed by atoms with Crippen molar-refractivity contribution in [3.63, 3.8) is 0 Å². The van der Waals surface area contributed by atoms with Crippen LogP contribution < -0.4 is 0 Å². The minimum Gasteiger partial charge on any atom is -0.461 e. The second-order valence-corrected chi connectivity index (χ2v) is 17.3. The number of ether oxygens (including phenoxy) is 2. The van der Waals surface area contributed by atoms with Crippen LogP contribution in [-0.2, 0) is 33.2 Å². The third-order valence-electron chi connectivity index (χ3n) is 10.1. The topological polar surface area (TPSA) is 129 Å². The summed E-state index contributed by atoms with van der Waals surface area (Å²) in [5.74, 6) is 0.410. The summed E-state index contributed by atoms with van der Waals surface area (Å²) in [6.07, 6.45) is 0.321. The van der Waals surface area contributed by atoms with Crippen LogP contribution in [0.5, 0.6) is 0 Å². The summed E-state index contributed by atoms with van der Waals surface area (Å²) in [5.41, 5.74) is 6.24. The number of hydrogen-bond donors (Lipinski definition) is 2. The van der Waals surface area contributed by atoms with Crippen LogP contribution in [0.2, 0.25) is 0 Å². The number of hydrogen-bond acceptors (Lipinski definition) is 10. The molecule has 4 atom stereocenters. The van der Waals surface area contributed by atoms with Crippen molar-refractivity contribution in [2.75, 3.05) is 11.5 Å². The summed E-state index contributed by atoms with van der Waals surface area (Å²) in [5, 5.41) is 22.3. The Morgan fingerprint density at radius 2 is 0.879 bits per heavy atom. The number of aliphatic hydroxyl groups is 2. The smallest absolute Gasteiger partial charge is 0.309 e. The number of imidazole rings is 2. The number of aromatic nitrogens is 4. The normalized spacial score (nSPS) is 21.8. The van der Waals surface area contributed by atoms with Gasteiger partial charge in [0.05, 0.1) is 46.8 Å². The molecule has 0 radical (unpaired) electrons. The molecule has 0 saturated carbocycles. The summed E-state index contributed by atoms with van der Waals surface area (Å²) < 4.78 is 15.0. The minimum atomic E-state index is -1.01. The summed E-state index contributed by atoms with van der Waals surface area (Å²) in [6, 6.07) is 40.7. The Bertz CT molecular complexity index is 2160. The average molecular weight is 817 g/mol. The molecular formula is C46H48N4O6S2. The zero-order chi connectivity index (χ0) is 40.9. The van der Waals surface area contributed by atoms with Gasteiger partial charge in [0.2, 0.25) is 0 Å². The van der Waals surface area contributed by atoms with E-state index in [4.69, 9.17) is 19.4 Å². The molecule has 6 aromatic rings. The summed E-state index contributed by atoms with van der Waals surface area (Å²) in [6.45, 7) is 3.37. The zero-order valence-electron chi connectivity index (χ0n) is 33.1. The maximum Gasteiger partial charge on any atom is 0.309 e. The lowest BCUT2D eigenvalue weighted by Gasteiger charge is -2.32. The molecule has 10 nitrogen and oxygen atoms in total. The maximum atomic E-state index is 11.8. The zero-order valence-corrected chi connectivity index (χ0v) is 34.7. The number of carbonyl (C=O) groups excluding carboxylic acids is 2. The Morgan fingerprint density at radius 1 is 0.569 bits per heavy atom. The van der Waals surface area contributed by atoms with Gasteiger partial charge in [-0.1, -0.05) is 145 Å². The van der Waals surface area contributed by atoms with Crippen LogP contribution in [0, 0.1) is 0 Å². The molecule has 2 saturated heterocycles. The van der Waals surface area contributed by atoms with Crippen molar-refractivity contribution < 1.29 is 29.3 Å². The number of rotatable bonds is 10. The Hall–Kier alpha value is -5.14. The molecule has 2 N–H and O–H groups in total. The molecule has 0 spiro atoms. The average Bonchev–Trinajstić information content (AvgIpc) is 3.71. The van der Waals surface area contributed by atoms with Crippen molar-refractivity contribution in [2.24, 2.45) is 14.1 Å². The van der Waals surface area contributed by atoms with E-state index in [0.717, 1.165) is 55.3 Å². The Kier molecular flexibility index (Phi) is 12.6. The van der Waals surface area contributed by atoms with Crippen LogP contribution in [0.3, 0.4) is 0 Å². The number of cyclic esters (lactones) is 2. The van der Waals surface area contributed by atoms with Gasteiger partial charge in [-0.25, -0.2) is 9.97 Å². The highest BCUT2D eigenvalue weighted by atomic mass is 32.2. The molecular weight excluding hydrogens is 769 g/mol. The number of esters is 2. The molecule has 0 bridgehead atoms. The van der Waals surface area contributed by atoms with Gasteiger partial charge in [-0.05, 0) is 13.8 Å². The van der Waals surface area contributed by atoms with Gasteiger partial charge in [0.1, 0.15) is 12.2 Å². The molecule has 58 heavy (non-hydrogen) atoms. The largest absolute Gasteiger partial charge is 0.461 e. The second kappa shape index (κ2) is 17.8. The minimum absolute atomic E-state index is 0.0485. The highest BCUT2D eigenvalue weighted by molar-refractivity contribution is 7.99. The van der Waals surface area contributed by atoms with Crippen molar-refractivity contribution in [3.05, 3.63) is 121 Å². The monoisotopic (exact) mass is 816 g/mol. The molecule has 2 aliphatic rings. The Labute approximate surface area is 347 Å². The van der Waals surface area contributed by atoms with E-state index in [1.165, 1.54) is 0 Å². The van der Waals surface area contributed by atoms with Gasteiger partial charge < -0.3 is 28.8 Å². The lowest BCUT2D eigenvalue weighted by Crippen LogP contribution is -2.42. The van der Waals surface area contributed by atoms with Crippen LogP contribution in [0.25, 0.3) is 45.0 Å². The first-order chi connectivity index (χ1) is 27.9. The molecule has 2 aromatic heterocycles. The SMILES string of the molecule is Cn1c(SC[C@H]2C[C@@](C)(O)CC(=O)O2)nc(-c2ccccc2)c1-c1ccccc1.Cn1c(SC[C@H]2C[C@](C)(O)CC(=O)O2)nc(-c2ccccc2)c1-c1ccccc1. The highest BCUT2D eigenvalue weighted by Crippen LogP contribution is 2.38. The molecule has 4 aromatic carbocycles. The Morgan fingerprint density at radius 3 is 1.19 bits per heavy atom. The second-order valence-electron chi connectivity index (χ2n) is 15.4. The van der Waals surface area contributed by atoms with Crippen LogP contribution >= 0.6 is 23.5 Å². The first kappa shape index (κ1) is 41.0. The predicted octanol–water partition coefficient (Wildman–Crippen LogP) is 8.61. The van der Waals surface area contributed by atoms with Crippen LogP contribution in [0.15, 0.2) is 132 Å². The number of carbonyl (C=O) groups is 2. The van der Waals surface area contributed by atoms with Gasteiger partial charge >= 0.3 is 11.9 Å². The van der Waals surface area contributed by atoms with Gasteiger partial charge in [0.15, 0.2) is 10.3 Å². The molecule has 4 heterocycles. The lowest BCUT2D eigenvalue weighted by atomic mass is 9.93. The fourth-order valence-electron chi connectivity index (χ4n) is 7.47. The van der Waals surface area contributed by atoms with Gasteiger partial charge in [-0.15, -0.1) is 0 Å². The summed E-state index contributed by atoms with van der Waals surface area (Å²) in [4.78, 5) is 33.4. The van der Waals surface area contributed by atoms with Crippen molar-refractivity contribution >= 4 is 35.5 Å². The molecule has 8 rings (SSSR count). The van der Waals surface area contributed by atoms with E-state index in [1.807, 2.05) is 86.9 Å². The van der Waals surface area contributed by atoms with E-state index in [0.29, 0.717) is 24.3 Å². The fourth-order valence-corrected chi connectivity index (χ4v) is 9.39. The molecule has 2 fully saturated rings. The summed E-state index contributed by atoms with van der Waals surface area (Å²) in [7, 11) is 4.01. The predicted molar refractivity (Wildman–Crippen MR) is 229 cm³/mol. The highest BCUT2D eigenvalue weighted by Gasteiger charge is 2.37. The van der Waals surface area contributed by atoms with E-state index >= 15 is 0 Å². The number of thioether (sulfide) groups is 2. The van der Waals surface area contributed by atoms with Crippen molar-refractivity contribution in [1.29, 1.82) is 0 Å². The third kappa shape index (κ3) is 9.93. The van der Waals surface area contributed by atoms with Crippen LogP contribution in [-0.4, -0.2) is 76.2 Å².